The summed E-state index contributed by atoms with van der Waals surface area (Å²) in [6.45, 7) is 1.76. The summed E-state index contributed by atoms with van der Waals surface area (Å²) < 4.78 is 20.1. The van der Waals surface area contributed by atoms with Crippen LogP contribution in [0.15, 0.2) is 10.7 Å². The molecule has 0 amide bonds. The Balaban J connectivity index is 2.09. The first-order valence-corrected chi connectivity index (χ1v) is 5.17. The van der Waals surface area contributed by atoms with Gasteiger partial charge in [-0.25, -0.2) is 14.1 Å². The molecule has 88 valence electrons. The second-order valence-corrected chi connectivity index (χ2v) is 3.95. The first-order valence-electron chi connectivity index (χ1n) is 5.17. The molecule has 0 spiro atoms. The van der Waals surface area contributed by atoms with Crippen LogP contribution in [0.1, 0.15) is 46.4 Å². The summed E-state index contributed by atoms with van der Waals surface area (Å²) in [5, 5.41) is 7.63. The third-order valence-electron chi connectivity index (χ3n) is 2.93. The van der Waals surface area contributed by atoms with Gasteiger partial charge in [-0.05, 0) is 6.92 Å². The fourth-order valence-electron chi connectivity index (χ4n) is 2.13. The second-order valence-electron chi connectivity index (χ2n) is 3.95. The number of nitrogens with zero attached hydrogens (tertiary/aromatic N) is 4. The Labute approximate surface area is 95.4 Å². The van der Waals surface area contributed by atoms with Gasteiger partial charge in [-0.2, -0.15) is 0 Å². The van der Waals surface area contributed by atoms with Crippen LogP contribution in [0.3, 0.4) is 0 Å². The summed E-state index contributed by atoms with van der Waals surface area (Å²) >= 11 is 0. The summed E-state index contributed by atoms with van der Waals surface area (Å²) in [4.78, 5) is 14.4. The molecule has 6 nitrogen and oxygen atoms in total. The van der Waals surface area contributed by atoms with Crippen molar-refractivity contribution in [1.29, 1.82) is 0 Å². The zero-order chi connectivity index (χ0) is 12.0. The van der Waals surface area contributed by atoms with Gasteiger partial charge in [0.2, 0.25) is 5.82 Å². The van der Waals surface area contributed by atoms with E-state index < -0.39 is 6.17 Å². The van der Waals surface area contributed by atoms with Crippen LogP contribution in [0.4, 0.5) is 4.39 Å². The van der Waals surface area contributed by atoms with Crippen molar-refractivity contribution in [1.82, 2.24) is 19.9 Å². The van der Waals surface area contributed by atoms with E-state index in [2.05, 4.69) is 15.2 Å². The fraction of sp³-hybridized carbons (Fsp3) is 0.400. The number of aldehydes is 1. The molecule has 0 aromatic carbocycles. The molecule has 2 unspecified atom stereocenters. The number of fused-ring (bicyclic) bond motifs is 1. The lowest BCUT2D eigenvalue weighted by Crippen LogP contribution is -2.08. The molecule has 7 heteroatoms. The van der Waals surface area contributed by atoms with E-state index >= 15 is 0 Å². The van der Waals surface area contributed by atoms with E-state index in [-0.39, 0.29) is 24.1 Å². The molecular formula is C10H9FN4O2. The molecule has 3 rings (SSSR count). The van der Waals surface area contributed by atoms with Crippen molar-refractivity contribution in [3.8, 4) is 0 Å². The average Bonchev–Trinajstić information content (AvgIpc) is 2.96. The summed E-state index contributed by atoms with van der Waals surface area (Å²) in [7, 11) is 0. The van der Waals surface area contributed by atoms with Gasteiger partial charge >= 0.3 is 0 Å². The first-order chi connectivity index (χ1) is 8.20. The highest BCUT2D eigenvalue weighted by Gasteiger charge is 2.36. The zero-order valence-electron chi connectivity index (χ0n) is 9.00. The predicted octanol–water partition coefficient (Wildman–Crippen LogP) is 1.39. The van der Waals surface area contributed by atoms with Crippen molar-refractivity contribution in [2.45, 2.75) is 25.6 Å². The molecule has 2 aromatic rings. The third kappa shape index (κ3) is 1.38. The molecule has 0 saturated carbocycles. The largest absolute Gasteiger partial charge is 0.361 e. The third-order valence-corrected chi connectivity index (χ3v) is 2.93. The average molecular weight is 236 g/mol. The molecular weight excluding hydrogens is 227 g/mol. The minimum atomic E-state index is -1.21. The number of aromatic nitrogens is 4. The Morgan fingerprint density at radius 1 is 1.65 bits per heavy atom. The van der Waals surface area contributed by atoms with Gasteiger partial charge in [0.05, 0.1) is 12.2 Å². The zero-order valence-corrected chi connectivity index (χ0v) is 9.00. The Kier molecular flexibility index (Phi) is 2.07. The van der Waals surface area contributed by atoms with Gasteiger partial charge in [-0.3, -0.25) is 4.79 Å². The van der Waals surface area contributed by atoms with Crippen molar-refractivity contribution in [2.75, 3.05) is 0 Å². The van der Waals surface area contributed by atoms with Gasteiger partial charge in [-0.1, -0.05) is 5.16 Å². The lowest BCUT2D eigenvalue weighted by Gasteiger charge is -2.08. The summed E-state index contributed by atoms with van der Waals surface area (Å²) in [5.74, 6) is 0.817. The molecule has 0 N–H and O–H groups in total. The molecule has 1 aliphatic heterocycles. The highest BCUT2D eigenvalue weighted by molar-refractivity contribution is 5.68. The number of rotatable bonds is 2. The van der Waals surface area contributed by atoms with Crippen molar-refractivity contribution < 1.29 is 13.7 Å². The second kappa shape index (κ2) is 3.47. The Bertz CT molecular complexity index is 577. The van der Waals surface area contributed by atoms with Crippen LogP contribution in [0, 0.1) is 6.92 Å². The predicted molar refractivity (Wildman–Crippen MR) is 53.3 cm³/mol. The summed E-state index contributed by atoms with van der Waals surface area (Å²) in [6.07, 6.45) is 1.09. The van der Waals surface area contributed by atoms with Crippen LogP contribution in [-0.4, -0.2) is 26.2 Å². The smallest absolute Gasteiger partial charge is 0.214 e. The van der Waals surface area contributed by atoms with Crippen LogP contribution < -0.4 is 0 Å². The topological polar surface area (TPSA) is 73.8 Å². The highest BCUT2D eigenvalue weighted by Crippen LogP contribution is 2.39. The minimum Gasteiger partial charge on any atom is -0.361 e. The summed E-state index contributed by atoms with van der Waals surface area (Å²) in [6, 6.07) is -0.299. The highest BCUT2D eigenvalue weighted by atomic mass is 19.1. The van der Waals surface area contributed by atoms with E-state index in [0.29, 0.717) is 12.0 Å². The maximum absolute atomic E-state index is 13.7. The van der Waals surface area contributed by atoms with Crippen molar-refractivity contribution in [2.24, 2.45) is 0 Å². The first kappa shape index (κ1) is 10.1. The van der Waals surface area contributed by atoms with Gasteiger partial charge in [-0.15, -0.1) is 5.10 Å². The Morgan fingerprint density at radius 2 is 2.47 bits per heavy atom. The molecule has 0 fully saturated rings. The van der Waals surface area contributed by atoms with Crippen LogP contribution in [0.25, 0.3) is 0 Å². The van der Waals surface area contributed by atoms with E-state index in [1.807, 2.05) is 0 Å². The van der Waals surface area contributed by atoms with Gasteiger partial charge in [0.15, 0.2) is 18.3 Å². The maximum atomic E-state index is 13.7. The molecule has 1 aliphatic rings. The normalized spacial score (nSPS) is 22.7. The maximum Gasteiger partial charge on any atom is 0.214 e. The number of carbonyl (C=O) groups is 1. The van der Waals surface area contributed by atoms with E-state index in [4.69, 9.17) is 4.52 Å². The molecule has 0 bridgehead atoms. The quantitative estimate of drug-likeness (QED) is 0.736. The number of hydrogen-bond donors (Lipinski definition) is 0. The van der Waals surface area contributed by atoms with Crippen LogP contribution in [0.2, 0.25) is 0 Å². The molecule has 3 heterocycles. The number of hydrogen-bond acceptors (Lipinski definition) is 5. The number of halogens is 1. The molecule has 2 aromatic heterocycles. The lowest BCUT2D eigenvalue weighted by molar-refractivity contribution is 0.111. The van der Waals surface area contributed by atoms with Crippen molar-refractivity contribution in [3.63, 3.8) is 0 Å². The Hall–Kier alpha value is -2.05. The molecule has 0 aliphatic carbocycles. The van der Waals surface area contributed by atoms with E-state index in [9.17, 15) is 9.18 Å². The molecule has 0 saturated heterocycles. The van der Waals surface area contributed by atoms with Crippen LogP contribution in [0.5, 0.6) is 0 Å². The molecule has 17 heavy (non-hydrogen) atoms. The van der Waals surface area contributed by atoms with Crippen LogP contribution in [-0.2, 0) is 0 Å². The van der Waals surface area contributed by atoms with Gasteiger partial charge < -0.3 is 4.52 Å². The fourth-order valence-corrected chi connectivity index (χ4v) is 2.13. The standard InChI is InChI=1S/C10H9FN4O2/c1-5-6(3-12-17-5)8-2-7(11)10-13-9(4-16)14-15(8)10/h3-4,7-8H,2H2,1H3. The Morgan fingerprint density at radius 3 is 3.12 bits per heavy atom. The van der Waals surface area contributed by atoms with Gasteiger partial charge in [0, 0.05) is 12.0 Å². The van der Waals surface area contributed by atoms with E-state index in [0.717, 1.165) is 5.56 Å². The lowest BCUT2D eigenvalue weighted by atomic mass is 10.1. The van der Waals surface area contributed by atoms with Gasteiger partial charge in [0.25, 0.3) is 0 Å². The van der Waals surface area contributed by atoms with Gasteiger partial charge in [0.1, 0.15) is 5.76 Å². The van der Waals surface area contributed by atoms with Crippen molar-refractivity contribution in [3.05, 3.63) is 29.2 Å². The van der Waals surface area contributed by atoms with E-state index in [1.165, 1.54) is 4.68 Å². The molecule has 0 radical (unpaired) electrons. The van der Waals surface area contributed by atoms with Crippen molar-refractivity contribution >= 4 is 6.29 Å². The summed E-state index contributed by atoms with van der Waals surface area (Å²) in [5.41, 5.74) is 0.772. The minimum absolute atomic E-state index is 0.00135. The monoisotopic (exact) mass is 236 g/mol. The number of carbonyl (C=O) groups excluding carboxylic acids is 1. The molecule has 2 atom stereocenters. The van der Waals surface area contributed by atoms with E-state index in [1.54, 1.807) is 13.1 Å². The number of alkyl halides is 1. The number of aryl methyl sites for hydroxylation is 1. The SMILES string of the molecule is Cc1oncc1C1CC(F)c2nc(C=O)nn21. The van der Waals surface area contributed by atoms with Crippen LogP contribution >= 0.6 is 0 Å².